The average molecular weight is 245 g/mol. The van der Waals surface area contributed by atoms with Crippen LogP contribution in [-0.2, 0) is 0 Å². The van der Waals surface area contributed by atoms with Gasteiger partial charge in [0.2, 0.25) is 0 Å². The van der Waals surface area contributed by atoms with Crippen molar-refractivity contribution in [3.63, 3.8) is 0 Å². The molecule has 0 saturated heterocycles. The third-order valence-corrected chi connectivity index (χ3v) is 3.23. The summed E-state index contributed by atoms with van der Waals surface area (Å²) in [5, 5.41) is 2.09. The largest absolute Gasteiger partial charge is 0.339 e. The molecule has 0 aliphatic rings. The van der Waals surface area contributed by atoms with Crippen LogP contribution in [0.4, 0.5) is 0 Å². The summed E-state index contributed by atoms with van der Waals surface area (Å²) < 4.78 is 0. The van der Waals surface area contributed by atoms with Gasteiger partial charge in [-0.05, 0) is 18.2 Å². The van der Waals surface area contributed by atoms with Crippen LogP contribution in [0.5, 0.6) is 0 Å². The molecule has 5 heteroatoms. The molecule has 0 bridgehead atoms. The van der Waals surface area contributed by atoms with Crippen LogP contribution in [0.15, 0.2) is 40.6 Å². The zero-order valence-electron chi connectivity index (χ0n) is 7.00. The smallest absolute Gasteiger partial charge is 0.170 e. The van der Waals surface area contributed by atoms with Crippen LogP contribution in [0.3, 0.4) is 0 Å². The second kappa shape index (κ2) is 4.26. The molecule has 0 radical (unpaired) electrons. The first-order valence-electron chi connectivity index (χ1n) is 3.88. The number of hydrogen-bond donors (Lipinski definition) is 1. The Morgan fingerprint density at radius 1 is 1.29 bits per heavy atom. The third kappa shape index (κ3) is 2.23. The number of benzene rings is 1. The Balaban J connectivity index is 2.25. The van der Waals surface area contributed by atoms with Gasteiger partial charge in [-0.25, -0.2) is 4.98 Å². The molecule has 2 nitrogen and oxygen atoms in total. The Morgan fingerprint density at radius 2 is 2.14 bits per heavy atom. The van der Waals surface area contributed by atoms with Gasteiger partial charge in [0.25, 0.3) is 0 Å². The van der Waals surface area contributed by atoms with E-state index in [-0.39, 0.29) is 0 Å². The van der Waals surface area contributed by atoms with Gasteiger partial charge in [-0.15, -0.1) is 0 Å². The topological polar surface area (TPSA) is 28.7 Å². The summed E-state index contributed by atoms with van der Waals surface area (Å²) in [6, 6.07) is 5.39. The first kappa shape index (κ1) is 9.90. The van der Waals surface area contributed by atoms with E-state index >= 15 is 0 Å². The van der Waals surface area contributed by atoms with Gasteiger partial charge in [0.1, 0.15) is 0 Å². The number of imidazole rings is 1. The summed E-state index contributed by atoms with van der Waals surface area (Å²) >= 11 is 13.3. The molecule has 0 aliphatic heterocycles. The number of halogens is 2. The minimum absolute atomic E-state index is 0.638. The summed E-state index contributed by atoms with van der Waals surface area (Å²) in [6.45, 7) is 0. The summed E-state index contributed by atoms with van der Waals surface area (Å²) in [5.74, 6) is 0. The minimum atomic E-state index is 0.638. The minimum Gasteiger partial charge on any atom is -0.339 e. The van der Waals surface area contributed by atoms with E-state index in [1.807, 2.05) is 6.07 Å². The Kier molecular flexibility index (Phi) is 3.01. The van der Waals surface area contributed by atoms with Crippen molar-refractivity contribution in [3.8, 4) is 0 Å². The van der Waals surface area contributed by atoms with Crippen LogP contribution in [0.25, 0.3) is 0 Å². The zero-order valence-corrected chi connectivity index (χ0v) is 9.33. The molecule has 2 aromatic rings. The highest BCUT2D eigenvalue weighted by Crippen LogP contribution is 2.32. The van der Waals surface area contributed by atoms with Crippen molar-refractivity contribution < 1.29 is 0 Å². The first-order valence-corrected chi connectivity index (χ1v) is 5.45. The lowest BCUT2D eigenvalue weighted by atomic mass is 10.4. The molecule has 1 heterocycles. The lowest BCUT2D eigenvalue weighted by molar-refractivity contribution is 1.06. The van der Waals surface area contributed by atoms with Crippen molar-refractivity contribution in [2.75, 3.05) is 0 Å². The number of nitrogens with one attached hydrogen (secondary N) is 1. The van der Waals surface area contributed by atoms with Crippen molar-refractivity contribution in [1.82, 2.24) is 9.97 Å². The number of hydrogen-bond acceptors (Lipinski definition) is 2. The van der Waals surface area contributed by atoms with Crippen molar-refractivity contribution in [2.45, 2.75) is 10.1 Å². The second-order valence-corrected chi connectivity index (χ2v) is 4.45. The Morgan fingerprint density at radius 3 is 2.79 bits per heavy atom. The number of H-pyrrole nitrogens is 1. The summed E-state index contributed by atoms with van der Waals surface area (Å²) in [6.07, 6.45) is 3.47. The van der Waals surface area contributed by atoms with Gasteiger partial charge in [0, 0.05) is 22.3 Å². The van der Waals surface area contributed by atoms with Gasteiger partial charge >= 0.3 is 0 Å². The van der Waals surface area contributed by atoms with E-state index in [1.165, 1.54) is 11.8 Å². The van der Waals surface area contributed by atoms with E-state index in [9.17, 15) is 0 Å². The maximum atomic E-state index is 6.00. The highest BCUT2D eigenvalue weighted by Gasteiger charge is 2.04. The molecular weight excluding hydrogens is 239 g/mol. The van der Waals surface area contributed by atoms with Crippen molar-refractivity contribution >= 4 is 35.0 Å². The maximum absolute atomic E-state index is 6.00. The zero-order chi connectivity index (χ0) is 9.97. The predicted molar refractivity (Wildman–Crippen MR) is 59.2 cm³/mol. The highest BCUT2D eigenvalue weighted by atomic mass is 35.5. The Labute approximate surface area is 95.6 Å². The van der Waals surface area contributed by atoms with Gasteiger partial charge in [0.05, 0.1) is 5.02 Å². The second-order valence-electron chi connectivity index (χ2n) is 2.57. The standard InChI is InChI=1S/C9H6Cl2N2S/c10-6-1-2-8(7(11)5-6)14-9-12-3-4-13-9/h1-5H,(H,12,13). The van der Waals surface area contributed by atoms with E-state index in [2.05, 4.69) is 9.97 Å². The van der Waals surface area contributed by atoms with Crippen LogP contribution in [0.1, 0.15) is 0 Å². The van der Waals surface area contributed by atoms with E-state index in [4.69, 9.17) is 23.2 Å². The monoisotopic (exact) mass is 244 g/mol. The van der Waals surface area contributed by atoms with E-state index < -0.39 is 0 Å². The Hall–Kier alpha value is -0.640. The van der Waals surface area contributed by atoms with Gasteiger partial charge in [-0.3, -0.25) is 0 Å². The lowest BCUT2D eigenvalue weighted by Crippen LogP contribution is -1.77. The molecule has 0 aliphatic carbocycles. The molecule has 0 fully saturated rings. The van der Waals surface area contributed by atoms with Crippen LogP contribution in [0, 0.1) is 0 Å². The molecule has 0 unspecified atom stereocenters. The van der Waals surface area contributed by atoms with Crippen LogP contribution >= 0.6 is 35.0 Å². The molecule has 0 amide bonds. The Bertz CT molecular complexity index is 428. The molecule has 1 aromatic carbocycles. The molecule has 2 rings (SSSR count). The van der Waals surface area contributed by atoms with Crippen molar-refractivity contribution in [1.29, 1.82) is 0 Å². The molecule has 72 valence electrons. The van der Waals surface area contributed by atoms with Crippen LogP contribution < -0.4 is 0 Å². The van der Waals surface area contributed by atoms with E-state index in [0.29, 0.717) is 10.0 Å². The van der Waals surface area contributed by atoms with E-state index in [1.54, 1.807) is 24.5 Å². The first-order chi connectivity index (χ1) is 6.75. The summed E-state index contributed by atoms with van der Waals surface area (Å²) in [7, 11) is 0. The summed E-state index contributed by atoms with van der Waals surface area (Å²) in [4.78, 5) is 8.01. The SMILES string of the molecule is Clc1ccc(Sc2ncc[nH]2)c(Cl)c1. The fraction of sp³-hybridized carbons (Fsp3) is 0. The van der Waals surface area contributed by atoms with Gasteiger partial charge in [-0.1, -0.05) is 35.0 Å². The maximum Gasteiger partial charge on any atom is 0.170 e. The fourth-order valence-electron chi connectivity index (χ4n) is 0.969. The molecule has 0 saturated carbocycles. The fourth-order valence-corrected chi connectivity index (χ4v) is 2.23. The van der Waals surface area contributed by atoms with Gasteiger partial charge < -0.3 is 4.98 Å². The van der Waals surface area contributed by atoms with E-state index in [0.717, 1.165) is 10.1 Å². The summed E-state index contributed by atoms with van der Waals surface area (Å²) in [5.41, 5.74) is 0. The highest BCUT2D eigenvalue weighted by molar-refractivity contribution is 7.99. The molecule has 0 atom stereocenters. The molecule has 1 aromatic heterocycles. The molecule has 0 spiro atoms. The number of aromatic amines is 1. The van der Waals surface area contributed by atoms with Gasteiger partial charge in [-0.2, -0.15) is 0 Å². The molecule has 14 heavy (non-hydrogen) atoms. The quantitative estimate of drug-likeness (QED) is 0.869. The van der Waals surface area contributed by atoms with Gasteiger partial charge in [0.15, 0.2) is 5.16 Å². The third-order valence-electron chi connectivity index (χ3n) is 1.57. The van der Waals surface area contributed by atoms with Crippen molar-refractivity contribution in [3.05, 3.63) is 40.6 Å². The normalized spacial score (nSPS) is 10.4. The number of nitrogens with zero attached hydrogens (tertiary/aromatic N) is 1. The van der Waals surface area contributed by atoms with Crippen molar-refractivity contribution in [2.24, 2.45) is 0 Å². The lowest BCUT2D eigenvalue weighted by Gasteiger charge is -2.01. The van der Waals surface area contributed by atoms with Crippen LogP contribution in [0.2, 0.25) is 10.0 Å². The number of aromatic nitrogens is 2. The number of rotatable bonds is 2. The van der Waals surface area contributed by atoms with Crippen LogP contribution in [-0.4, -0.2) is 9.97 Å². The molecular formula is C9H6Cl2N2S. The average Bonchev–Trinajstić information content (AvgIpc) is 2.62. The molecule has 1 N–H and O–H groups in total. The predicted octanol–water partition coefficient (Wildman–Crippen LogP) is 3.87.